The van der Waals surface area contributed by atoms with Crippen LogP contribution in [0.3, 0.4) is 0 Å². The first-order valence-corrected chi connectivity index (χ1v) is 7.41. The van der Waals surface area contributed by atoms with Crippen LogP contribution in [0.4, 0.5) is 5.69 Å². The number of hydrogen-bond acceptors (Lipinski definition) is 4. The Morgan fingerprint density at radius 1 is 1.41 bits per heavy atom. The van der Waals surface area contributed by atoms with Gasteiger partial charge in [-0.1, -0.05) is 30.3 Å². The molecule has 6 nitrogen and oxygen atoms in total. The summed E-state index contributed by atoms with van der Waals surface area (Å²) in [5, 5.41) is 17.0. The molecule has 2 heterocycles. The van der Waals surface area contributed by atoms with Gasteiger partial charge in [0.1, 0.15) is 0 Å². The van der Waals surface area contributed by atoms with Crippen LogP contribution in [0.15, 0.2) is 42.7 Å². The molecule has 0 bridgehead atoms. The number of anilines is 1. The summed E-state index contributed by atoms with van der Waals surface area (Å²) in [4.78, 5) is 14.3. The van der Waals surface area contributed by atoms with Crippen LogP contribution in [-0.2, 0) is 11.8 Å². The van der Waals surface area contributed by atoms with Gasteiger partial charge in [0.2, 0.25) is 5.91 Å². The van der Waals surface area contributed by atoms with Crippen molar-refractivity contribution in [3.63, 3.8) is 0 Å². The van der Waals surface area contributed by atoms with Crippen molar-refractivity contribution in [1.82, 2.24) is 15.1 Å². The van der Waals surface area contributed by atoms with Crippen LogP contribution >= 0.6 is 0 Å². The third-order valence-corrected chi connectivity index (χ3v) is 4.00. The third kappa shape index (κ3) is 2.88. The van der Waals surface area contributed by atoms with E-state index in [2.05, 4.69) is 10.4 Å². The topological polar surface area (TPSA) is 70.4 Å². The number of aromatic nitrogens is 2. The van der Waals surface area contributed by atoms with Crippen LogP contribution in [0.5, 0.6) is 0 Å². The molecule has 1 saturated heterocycles. The Hall–Kier alpha value is -2.18. The Balaban J connectivity index is 1.70. The standard InChI is InChI=1S/C16H20N4O2/c1-19-10-13(9-17-19)20-8-7-14(16(20)22)18-15(11-21)12-5-3-2-4-6-12/h2-6,9-10,14-15,18,21H,7-8,11H2,1H3/t14-,15+/m1/s1. The van der Waals surface area contributed by atoms with Crippen molar-refractivity contribution >= 4 is 11.6 Å². The Bertz CT molecular complexity index is 641. The van der Waals surface area contributed by atoms with Crippen LogP contribution in [0.1, 0.15) is 18.0 Å². The van der Waals surface area contributed by atoms with Crippen molar-refractivity contribution in [3.05, 3.63) is 48.3 Å². The first-order valence-electron chi connectivity index (χ1n) is 7.41. The van der Waals surface area contributed by atoms with Crippen LogP contribution in [0.2, 0.25) is 0 Å². The van der Waals surface area contributed by atoms with E-state index in [9.17, 15) is 9.90 Å². The molecule has 0 saturated carbocycles. The Morgan fingerprint density at radius 2 is 2.18 bits per heavy atom. The number of rotatable bonds is 5. The molecule has 0 radical (unpaired) electrons. The van der Waals surface area contributed by atoms with Gasteiger partial charge in [-0.3, -0.25) is 14.8 Å². The lowest BCUT2D eigenvalue weighted by atomic mass is 10.1. The van der Waals surface area contributed by atoms with E-state index in [4.69, 9.17) is 0 Å². The van der Waals surface area contributed by atoms with Gasteiger partial charge >= 0.3 is 0 Å². The van der Waals surface area contributed by atoms with Crippen molar-refractivity contribution in [3.8, 4) is 0 Å². The highest BCUT2D eigenvalue weighted by molar-refractivity contribution is 5.99. The van der Waals surface area contributed by atoms with Gasteiger partial charge in [0.25, 0.3) is 0 Å². The van der Waals surface area contributed by atoms with Gasteiger partial charge in [0.05, 0.1) is 30.6 Å². The summed E-state index contributed by atoms with van der Waals surface area (Å²) in [5.74, 6) is 0.0300. The number of carbonyl (C=O) groups is 1. The number of hydrogen-bond donors (Lipinski definition) is 2. The Morgan fingerprint density at radius 3 is 2.82 bits per heavy atom. The molecule has 2 aromatic rings. The van der Waals surface area contributed by atoms with Crippen molar-refractivity contribution in [2.45, 2.75) is 18.5 Å². The lowest BCUT2D eigenvalue weighted by molar-refractivity contribution is -0.119. The lowest BCUT2D eigenvalue weighted by Crippen LogP contribution is -2.41. The highest BCUT2D eigenvalue weighted by Gasteiger charge is 2.34. The maximum atomic E-state index is 12.5. The van der Waals surface area contributed by atoms with E-state index in [0.717, 1.165) is 17.7 Å². The lowest BCUT2D eigenvalue weighted by Gasteiger charge is -2.21. The molecule has 0 unspecified atom stereocenters. The van der Waals surface area contributed by atoms with Gasteiger partial charge in [-0.05, 0) is 12.0 Å². The first-order chi connectivity index (χ1) is 10.7. The molecule has 1 aromatic heterocycles. The molecule has 1 aromatic carbocycles. The number of nitrogens with zero attached hydrogens (tertiary/aromatic N) is 3. The molecular formula is C16H20N4O2. The molecule has 116 valence electrons. The van der Waals surface area contributed by atoms with Crippen LogP contribution < -0.4 is 10.2 Å². The second-order valence-electron chi connectivity index (χ2n) is 5.52. The maximum Gasteiger partial charge on any atom is 0.244 e. The van der Waals surface area contributed by atoms with Gasteiger partial charge in [-0.25, -0.2) is 0 Å². The fourth-order valence-corrected chi connectivity index (χ4v) is 2.82. The number of aliphatic hydroxyl groups is 1. The molecular weight excluding hydrogens is 280 g/mol. The molecule has 0 spiro atoms. The van der Waals surface area contributed by atoms with E-state index in [0.29, 0.717) is 6.54 Å². The van der Waals surface area contributed by atoms with E-state index in [1.807, 2.05) is 43.6 Å². The number of aryl methyl sites for hydroxylation is 1. The fourth-order valence-electron chi connectivity index (χ4n) is 2.82. The maximum absolute atomic E-state index is 12.5. The predicted molar refractivity (Wildman–Crippen MR) is 83.4 cm³/mol. The molecule has 3 rings (SSSR count). The van der Waals surface area contributed by atoms with Gasteiger partial charge in [0.15, 0.2) is 0 Å². The van der Waals surface area contributed by atoms with Crippen LogP contribution in [-0.4, -0.2) is 40.0 Å². The van der Waals surface area contributed by atoms with E-state index < -0.39 is 0 Å². The van der Waals surface area contributed by atoms with E-state index in [1.165, 1.54) is 0 Å². The summed E-state index contributed by atoms with van der Waals surface area (Å²) in [6.07, 6.45) is 4.25. The molecule has 0 aliphatic carbocycles. The Kier molecular flexibility index (Phi) is 4.22. The second-order valence-corrected chi connectivity index (χ2v) is 5.52. The van der Waals surface area contributed by atoms with E-state index in [1.54, 1.807) is 15.8 Å². The van der Waals surface area contributed by atoms with Crippen molar-refractivity contribution in [2.75, 3.05) is 18.1 Å². The zero-order valence-electron chi connectivity index (χ0n) is 12.5. The van der Waals surface area contributed by atoms with E-state index >= 15 is 0 Å². The van der Waals surface area contributed by atoms with Crippen LogP contribution in [0.25, 0.3) is 0 Å². The number of nitrogens with one attached hydrogen (secondary N) is 1. The monoisotopic (exact) mass is 300 g/mol. The van der Waals surface area contributed by atoms with Crippen molar-refractivity contribution in [2.24, 2.45) is 7.05 Å². The number of benzene rings is 1. The van der Waals surface area contributed by atoms with Gasteiger partial charge < -0.3 is 10.0 Å². The summed E-state index contributed by atoms with van der Waals surface area (Å²) in [6.45, 7) is 0.621. The summed E-state index contributed by atoms with van der Waals surface area (Å²) < 4.78 is 1.68. The normalized spacial score (nSPS) is 19.6. The molecule has 6 heteroatoms. The van der Waals surface area contributed by atoms with Crippen molar-refractivity contribution in [1.29, 1.82) is 0 Å². The Labute approximate surface area is 129 Å². The molecule has 1 aliphatic rings. The number of amides is 1. The summed E-state index contributed by atoms with van der Waals surface area (Å²) >= 11 is 0. The molecule has 2 atom stereocenters. The van der Waals surface area contributed by atoms with Gasteiger partial charge in [-0.15, -0.1) is 0 Å². The number of carbonyl (C=O) groups excluding carboxylic acids is 1. The first kappa shape index (κ1) is 14.7. The predicted octanol–water partition coefficient (Wildman–Crippen LogP) is 0.849. The minimum Gasteiger partial charge on any atom is -0.394 e. The molecule has 1 aliphatic heterocycles. The number of aliphatic hydroxyl groups excluding tert-OH is 1. The van der Waals surface area contributed by atoms with Gasteiger partial charge in [-0.2, -0.15) is 5.10 Å². The summed E-state index contributed by atoms with van der Waals surface area (Å²) in [7, 11) is 1.83. The average molecular weight is 300 g/mol. The fraction of sp³-hybridized carbons (Fsp3) is 0.375. The summed E-state index contributed by atoms with van der Waals surface area (Å²) in [5.41, 5.74) is 1.80. The van der Waals surface area contributed by atoms with E-state index in [-0.39, 0.29) is 24.6 Å². The highest BCUT2D eigenvalue weighted by atomic mass is 16.3. The van der Waals surface area contributed by atoms with Crippen molar-refractivity contribution < 1.29 is 9.90 Å². The summed E-state index contributed by atoms with van der Waals surface area (Å²) in [6, 6.07) is 9.18. The third-order valence-electron chi connectivity index (χ3n) is 4.00. The molecule has 22 heavy (non-hydrogen) atoms. The molecule has 1 amide bonds. The van der Waals surface area contributed by atoms with Gasteiger partial charge in [0, 0.05) is 19.8 Å². The largest absolute Gasteiger partial charge is 0.394 e. The quantitative estimate of drug-likeness (QED) is 0.859. The average Bonchev–Trinajstić information content (AvgIpc) is 3.12. The SMILES string of the molecule is Cn1cc(N2CC[C@@H](N[C@@H](CO)c3ccccc3)C2=O)cn1. The minimum absolute atomic E-state index is 0.0300. The zero-order chi connectivity index (χ0) is 15.5. The minimum atomic E-state index is -0.280. The molecule has 2 N–H and O–H groups in total. The smallest absolute Gasteiger partial charge is 0.244 e. The highest BCUT2D eigenvalue weighted by Crippen LogP contribution is 2.23. The molecule has 1 fully saturated rings. The second kappa shape index (κ2) is 6.29. The zero-order valence-corrected chi connectivity index (χ0v) is 12.5. The van der Waals surface area contributed by atoms with Crippen LogP contribution in [0, 0.1) is 0 Å².